The second-order valence-electron chi connectivity index (χ2n) is 6.99. The molecule has 1 fully saturated rings. The van der Waals surface area contributed by atoms with Crippen LogP contribution in [0.15, 0.2) is 18.2 Å². The van der Waals surface area contributed by atoms with Crippen LogP contribution < -0.4 is 5.32 Å². The first kappa shape index (κ1) is 21.0. The number of nitrogens with one attached hydrogen (secondary N) is 1. The Morgan fingerprint density at radius 2 is 1.88 bits per heavy atom. The number of nitrogens with zero attached hydrogens (tertiary/aromatic N) is 1. The Labute approximate surface area is 153 Å². The molecule has 1 aliphatic heterocycles. The molecule has 136 valence electrons. The fraction of sp³-hybridized carbons (Fsp3) is 0.650. The Morgan fingerprint density at radius 3 is 2.46 bits per heavy atom. The molecule has 1 aromatic rings. The van der Waals surface area contributed by atoms with Gasteiger partial charge >= 0.3 is 0 Å². The van der Waals surface area contributed by atoms with Gasteiger partial charge in [0.25, 0.3) is 0 Å². The summed E-state index contributed by atoms with van der Waals surface area (Å²) in [5, 5.41) is 3.22. The Morgan fingerprint density at radius 1 is 1.21 bits per heavy atom. The summed E-state index contributed by atoms with van der Waals surface area (Å²) >= 11 is 0. The number of para-hydroxylation sites is 1. The summed E-state index contributed by atoms with van der Waals surface area (Å²) in [6.45, 7) is 10.6. The van der Waals surface area contributed by atoms with Crippen LogP contribution in [0.3, 0.4) is 0 Å². The molecule has 0 spiro atoms. The summed E-state index contributed by atoms with van der Waals surface area (Å²) in [7, 11) is 0. The Kier molecular flexibility index (Phi) is 8.79. The number of carbonyl (C=O) groups excluding carboxylic acids is 1. The predicted molar refractivity (Wildman–Crippen MR) is 105 cm³/mol. The number of hydrogen-bond donors (Lipinski definition) is 1. The average Bonchev–Trinajstić information content (AvgIpc) is 2.53. The normalized spacial score (nSPS) is 21.2. The van der Waals surface area contributed by atoms with Gasteiger partial charge in [0.2, 0.25) is 5.91 Å². The first-order chi connectivity index (χ1) is 11.1. The Hall–Kier alpha value is -1.06. The molecule has 0 radical (unpaired) electrons. The van der Waals surface area contributed by atoms with Gasteiger partial charge < -0.3 is 5.32 Å². The molecule has 0 aromatic heterocycles. The average molecular weight is 353 g/mol. The topological polar surface area (TPSA) is 32.3 Å². The summed E-state index contributed by atoms with van der Waals surface area (Å²) in [6, 6.07) is 6.20. The zero-order valence-corrected chi connectivity index (χ0v) is 16.4. The van der Waals surface area contributed by atoms with Crippen molar-refractivity contribution >= 4 is 24.0 Å². The molecule has 0 unspecified atom stereocenters. The number of anilines is 1. The SMILES string of the molecule is CCC[C@H]1CCN(CCC)[C@H](C(=O)Nc2c(C)cccc2C)C1.Cl. The molecule has 1 aliphatic rings. The van der Waals surface area contributed by atoms with Crippen LogP contribution in [0.5, 0.6) is 0 Å². The molecule has 0 bridgehead atoms. The van der Waals surface area contributed by atoms with Gasteiger partial charge in [0.1, 0.15) is 0 Å². The van der Waals surface area contributed by atoms with Crippen LogP contribution in [-0.4, -0.2) is 29.9 Å². The number of benzene rings is 1. The van der Waals surface area contributed by atoms with Crippen LogP contribution >= 0.6 is 12.4 Å². The standard InChI is InChI=1S/C20H32N2O.ClH/c1-5-8-17-11-13-22(12-6-2)18(14-17)20(23)21-19-15(3)9-7-10-16(19)4;/h7,9-10,17-18H,5-6,8,11-14H2,1-4H3,(H,21,23);1H/t17-,18-;/m0./s1. The molecule has 0 saturated carbocycles. The van der Waals surface area contributed by atoms with E-state index in [1.54, 1.807) is 0 Å². The van der Waals surface area contributed by atoms with Crippen molar-refractivity contribution in [1.29, 1.82) is 0 Å². The lowest BCUT2D eigenvalue weighted by molar-refractivity contribution is -0.123. The monoisotopic (exact) mass is 352 g/mol. The van der Waals surface area contributed by atoms with Crippen molar-refractivity contribution in [2.24, 2.45) is 5.92 Å². The Balaban J connectivity index is 0.00000288. The summed E-state index contributed by atoms with van der Waals surface area (Å²) in [4.78, 5) is 15.3. The first-order valence-corrected chi connectivity index (χ1v) is 9.17. The number of aryl methyl sites for hydroxylation is 2. The number of piperidine rings is 1. The molecule has 2 rings (SSSR count). The highest BCUT2D eigenvalue weighted by Crippen LogP contribution is 2.28. The molecular weight excluding hydrogens is 320 g/mol. The third kappa shape index (κ3) is 5.22. The van der Waals surface area contributed by atoms with E-state index in [1.165, 1.54) is 19.3 Å². The maximum Gasteiger partial charge on any atom is 0.241 e. The van der Waals surface area contributed by atoms with E-state index in [-0.39, 0.29) is 24.4 Å². The quantitative estimate of drug-likeness (QED) is 0.785. The summed E-state index contributed by atoms with van der Waals surface area (Å²) in [5.74, 6) is 0.874. The fourth-order valence-electron chi connectivity index (χ4n) is 3.80. The highest BCUT2D eigenvalue weighted by molar-refractivity contribution is 5.96. The molecule has 1 aromatic carbocycles. The number of likely N-dealkylation sites (tertiary alicyclic amines) is 1. The zero-order valence-electron chi connectivity index (χ0n) is 15.6. The molecule has 1 saturated heterocycles. The third-order valence-electron chi connectivity index (χ3n) is 5.06. The van der Waals surface area contributed by atoms with Gasteiger partial charge in [-0.3, -0.25) is 9.69 Å². The van der Waals surface area contributed by atoms with Crippen LogP contribution in [0.2, 0.25) is 0 Å². The molecule has 1 N–H and O–H groups in total. The number of amides is 1. The molecule has 1 heterocycles. The lowest BCUT2D eigenvalue weighted by Gasteiger charge is -2.38. The van der Waals surface area contributed by atoms with E-state index in [1.807, 2.05) is 6.07 Å². The van der Waals surface area contributed by atoms with Crippen molar-refractivity contribution < 1.29 is 4.79 Å². The second kappa shape index (κ2) is 10.0. The molecular formula is C20H33ClN2O. The third-order valence-corrected chi connectivity index (χ3v) is 5.06. The van der Waals surface area contributed by atoms with Gasteiger partial charge in [-0.25, -0.2) is 0 Å². The lowest BCUT2D eigenvalue weighted by atomic mass is 9.87. The van der Waals surface area contributed by atoms with E-state index in [0.29, 0.717) is 5.92 Å². The molecule has 3 nitrogen and oxygen atoms in total. The molecule has 0 aliphatic carbocycles. The van der Waals surface area contributed by atoms with Crippen molar-refractivity contribution in [3.8, 4) is 0 Å². The number of rotatable bonds is 6. The van der Waals surface area contributed by atoms with Gasteiger partial charge in [-0.1, -0.05) is 44.9 Å². The van der Waals surface area contributed by atoms with Crippen LogP contribution in [-0.2, 0) is 4.79 Å². The summed E-state index contributed by atoms with van der Waals surface area (Å²) in [5.41, 5.74) is 3.27. The zero-order chi connectivity index (χ0) is 16.8. The van der Waals surface area contributed by atoms with Gasteiger partial charge in [-0.2, -0.15) is 0 Å². The molecule has 4 heteroatoms. The minimum absolute atomic E-state index is 0. The van der Waals surface area contributed by atoms with Crippen LogP contribution in [0, 0.1) is 19.8 Å². The highest BCUT2D eigenvalue weighted by Gasteiger charge is 2.32. The van der Waals surface area contributed by atoms with Gasteiger partial charge in [0, 0.05) is 5.69 Å². The number of halogens is 1. The minimum atomic E-state index is 0. The van der Waals surface area contributed by atoms with E-state index >= 15 is 0 Å². The van der Waals surface area contributed by atoms with Crippen LogP contribution in [0.25, 0.3) is 0 Å². The van der Waals surface area contributed by atoms with Crippen molar-refractivity contribution in [1.82, 2.24) is 4.90 Å². The Bertz CT molecular complexity index is 512. The summed E-state index contributed by atoms with van der Waals surface area (Å²) in [6.07, 6.45) is 5.80. The number of carbonyl (C=O) groups is 1. The molecule has 2 atom stereocenters. The van der Waals surface area contributed by atoms with E-state index < -0.39 is 0 Å². The largest absolute Gasteiger partial charge is 0.324 e. The maximum absolute atomic E-state index is 13.0. The fourth-order valence-corrected chi connectivity index (χ4v) is 3.80. The van der Waals surface area contributed by atoms with Crippen LogP contribution in [0.1, 0.15) is 57.1 Å². The summed E-state index contributed by atoms with van der Waals surface area (Å²) < 4.78 is 0. The molecule has 1 amide bonds. The second-order valence-corrected chi connectivity index (χ2v) is 6.99. The smallest absolute Gasteiger partial charge is 0.241 e. The van der Waals surface area contributed by atoms with E-state index in [9.17, 15) is 4.79 Å². The van der Waals surface area contributed by atoms with Gasteiger partial charge in [0.05, 0.1) is 6.04 Å². The van der Waals surface area contributed by atoms with E-state index in [4.69, 9.17) is 0 Å². The van der Waals surface area contributed by atoms with E-state index in [2.05, 4.69) is 50.0 Å². The highest BCUT2D eigenvalue weighted by atomic mass is 35.5. The first-order valence-electron chi connectivity index (χ1n) is 9.17. The van der Waals surface area contributed by atoms with Gasteiger partial charge in [-0.15, -0.1) is 12.4 Å². The lowest BCUT2D eigenvalue weighted by Crippen LogP contribution is -2.49. The van der Waals surface area contributed by atoms with Crippen molar-refractivity contribution in [2.45, 2.75) is 65.8 Å². The van der Waals surface area contributed by atoms with Crippen molar-refractivity contribution in [3.05, 3.63) is 29.3 Å². The maximum atomic E-state index is 13.0. The van der Waals surface area contributed by atoms with Crippen LogP contribution in [0.4, 0.5) is 5.69 Å². The van der Waals surface area contributed by atoms with E-state index in [0.717, 1.165) is 42.7 Å². The van der Waals surface area contributed by atoms with Gasteiger partial charge in [-0.05, 0) is 63.2 Å². The number of hydrogen-bond acceptors (Lipinski definition) is 2. The molecule has 24 heavy (non-hydrogen) atoms. The van der Waals surface area contributed by atoms with Crippen molar-refractivity contribution in [2.75, 3.05) is 18.4 Å². The van der Waals surface area contributed by atoms with Crippen molar-refractivity contribution in [3.63, 3.8) is 0 Å². The van der Waals surface area contributed by atoms with Gasteiger partial charge in [0.15, 0.2) is 0 Å². The minimum Gasteiger partial charge on any atom is -0.324 e. The predicted octanol–water partition coefficient (Wildman–Crippen LogP) is 4.95.